The summed E-state index contributed by atoms with van der Waals surface area (Å²) in [6.45, 7) is 4.91. The number of ether oxygens (including phenoxy) is 1. The lowest BCUT2D eigenvalue weighted by molar-refractivity contribution is -0.911. The van der Waals surface area contributed by atoms with Crippen molar-refractivity contribution in [2.75, 3.05) is 19.7 Å². The van der Waals surface area contributed by atoms with Crippen LogP contribution in [-0.2, 0) is 18.0 Å². The van der Waals surface area contributed by atoms with Gasteiger partial charge in [-0.1, -0.05) is 18.2 Å². The molecule has 3 aromatic rings. The fourth-order valence-corrected chi connectivity index (χ4v) is 4.67. The van der Waals surface area contributed by atoms with Gasteiger partial charge in [0.15, 0.2) is 12.5 Å². The summed E-state index contributed by atoms with van der Waals surface area (Å²) in [5.41, 5.74) is 2.24. The topological polar surface area (TPSA) is 52.2 Å². The summed E-state index contributed by atoms with van der Waals surface area (Å²) in [5, 5.41) is 6.17. The first-order valence-electron chi connectivity index (χ1n) is 9.99. The van der Waals surface area contributed by atoms with E-state index in [0.717, 1.165) is 54.3 Å². The third-order valence-electron chi connectivity index (χ3n) is 5.85. The fraction of sp³-hybridized carbons (Fsp3) is 0.500. The first kappa shape index (κ1) is 17.2. The minimum absolute atomic E-state index is 0.234. The Labute approximate surface area is 163 Å². The van der Waals surface area contributed by atoms with E-state index in [1.54, 1.807) is 4.90 Å². The normalized spacial score (nSPS) is 20.8. The second kappa shape index (κ2) is 7.22. The summed E-state index contributed by atoms with van der Waals surface area (Å²) in [6, 6.07) is 8.37. The highest BCUT2D eigenvalue weighted by Gasteiger charge is 2.24. The van der Waals surface area contributed by atoms with Crippen molar-refractivity contribution in [1.29, 1.82) is 0 Å². The van der Waals surface area contributed by atoms with Crippen molar-refractivity contribution < 1.29 is 9.64 Å². The lowest BCUT2D eigenvalue weighted by atomic mass is 10.1. The van der Waals surface area contributed by atoms with Gasteiger partial charge >= 0.3 is 0 Å². The van der Waals surface area contributed by atoms with Crippen LogP contribution in [0.3, 0.4) is 0 Å². The van der Waals surface area contributed by atoms with Crippen LogP contribution in [0.15, 0.2) is 30.5 Å². The van der Waals surface area contributed by atoms with Crippen LogP contribution in [0.1, 0.15) is 25.7 Å². The van der Waals surface area contributed by atoms with Crippen molar-refractivity contribution in [1.82, 2.24) is 19.3 Å². The number of nitrogens with zero attached hydrogens (tertiary/aromatic N) is 3. The Bertz CT molecular complexity index is 991. The third kappa shape index (κ3) is 3.24. The highest BCUT2D eigenvalue weighted by atomic mass is 32.1. The molecular weight excluding hydrogens is 358 g/mol. The van der Waals surface area contributed by atoms with E-state index in [1.807, 2.05) is 4.68 Å². The molecule has 0 spiro atoms. The van der Waals surface area contributed by atoms with E-state index in [2.05, 4.69) is 40.0 Å². The van der Waals surface area contributed by atoms with Crippen LogP contribution in [-0.4, -0.2) is 45.1 Å². The van der Waals surface area contributed by atoms with Gasteiger partial charge in [-0.3, -0.25) is 4.57 Å². The molecule has 2 aliphatic rings. The molecule has 7 heteroatoms. The average Bonchev–Trinajstić information content (AvgIpc) is 3.47. The molecule has 27 heavy (non-hydrogen) atoms. The summed E-state index contributed by atoms with van der Waals surface area (Å²) < 4.78 is 10.9. The molecule has 0 bridgehead atoms. The molecular formula is C20H26N5OS+. The number of hydrogen-bond donors (Lipinski definition) is 2. The van der Waals surface area contributed by atoms with Gasteiger partial charge in [0.25, 0.3) is 0 Å². The number of nitrogens with one attached hydrogen (secondary N) is 2. The SMILES string of the molecule is S=c1n(C[NH+]2CCCC2)nc(-c2c[nH]c3ccccc23)n1C[C@H]1CCCO1. The molecule has 5 rings (SSSR count). The zero-order valence-corrected chi connectivity index (χ0v) is 16.3. The summed E-state index contributed by atoms with van der Waals surface area (Å²) in [4.78, 5) is 4.94. The van der Waals surface area contributed by atoms with Gasteiger partial charge in [0, 0.05) is 42.1 Å². The van der Waals surface area contributed by atoms with E-state index < -0.39 is 0 Å². The van der Waals surface area contributed by atoms with E-state index in [-0.39, 0.29) is 6.10 Å². The Morgan fingerprint density at radius 3 is 2.89 bits per heavy atom. The number of likely N-dealkylation sites (tertiary alicyclic amines) is 1. The molecule has 2 aliphatic heterocycles. The van der Waals surface area contributed by atoms with E-state index in [4.69, 9.17) is 22.1 Å². The molecule has 1 atom stereocenters. The number of aromatic amines is 1. The predicted octanol–water partition coefficient (Wildman–Crippen LogP) is 2.38. The van der Waals surface area contributed by atoms with E-state index in [9.17, 15) is 0 Å². The summed E-state index contributed by atoms with van der Waals surface area (Å²) >= 11 is 5.86. The Kier molecular flexibility index (Phi) is 4.59. The number of H-pyrrole nitrogens is 1. The molecule has 0 aliphatic carbocycles. The first-order valence-corrected chi connectivity index (χ1v) is 10.4. The second-order valence-electron chi connectivity index (χ2n) is 7.71. The maximum atomic E-state index is 5.90. The lowest BCUT2D eigenvalue weighted by Crippen LogP contribution is -3.09. The van der Waals surface area contributed by atoms with Crippen molar-refractivity contribution >= 4 is 23.1 Å². The Hall–Kier alpha value is -1.96. The van der Waals surface area contributed by atoms with Crippen LogP contribution in [0.2, 0.25) is 0 Å². The molecule has 6 nitrogen and oxygen atoms in total. The average molecular weight is 385 g/mol. The Morgan fingerprint density at radius 2 is 2.07 bits per heavy atom. The van der Waals surface area contributed by atoms with Gasteiger partial charge in [0.1, 0.15) is 0 Å². The molecule has 2 saturated heterocycles. The van der Waals surface area contributed by atoms with Gasteiger partial charge in [0.2, 0.25) is 4.77 Å². The van der Waals surface area contributed by atoms with E-state index in [0.29, 0.717) is 0 Å². The standard InChI is InChI=1S/C20H25N5OS/c27-20-24(13-15-6-5-11-26-15)19(22-25(20)14-23-9-3-4-10-23)17-12-21-18-8-2-1-7-16(17)18/h1-2,7-8,12,15,21H,3-6,9-11,13-14H2/p+1/t15-/m1/s1. The van der Waals surface area contributed by atoms with Crippen molar-refractivity contribution in [3.63, 3.8) is 0 Å². The molecule has 0 unspecified atom stereocenters. The van der Waals surface area contributed by atoms with Crippen LogP contribution in [0.4, 0.5) is 0 Å². The number of fused-ring (bicyclic) bond motifs is 1. The molecule has 142 valence electrons. The van der Waals surface area contributed by atoms with Crippen LogP contribution in [0.5, 0.6) is 0 Å². The quantitative estimate of drug-likeness (QED) is 0.664. The zero-order chi connectivity index (χ0) is 18.2. The van der Waals surface area contributed by atoms with Crippen molar-refractivity contribution in [3.8, 4) is 11.4 Å². The van der Waals surface area contributed by atoms with Crippen molar-refractivity contribution in [3.05, 3.63) is 35.2 Å². The highest BCUT2D eigenvalue weighted by Crippen LogP contribution is 2.28. The van der Waals surface area contributed by atoms with Crippen LogP contribution >= 0.6 is 12.2 Å². The number of rotatable bonds is 5. The maximum Gasteiger partial charge on any atom is 0.203 e. The van der Waals surface area contributed by atoms with Gasteiger partial charge in [-0.05, 0) is 31.1 Å². The van der Waals surface area contributed by atoms with Crippen LogP contribution < -0.4 is 4.90 Å². The Balaban J connectivity index is 1.58. The summed E-state index contributed by atoms with van der Waals surface area (Å²) in [5.74, 6) is 0.951. The minimum Gasteiger partial charge on any atom is -0.376 e. The number of hydrogen-bond acceptors (Lipinski definition) is 3. The predicted molar refractivity (Wildman–Crippen MR) is 107 cm³/mol. The maximum absolute atomic E-state index is 5.90. The summed E-state index contributed by atoms with van der Waals surface area (Å²) in [7, 11) is 0. The molecule has 4 heterocycles. The van der Waals surface area contributed by atoms with Gasteiger partial charge in [-0.2, -0.15) is 4.68 Å². The zero-order valence-electron chi connectivity index (χ0n) is 15.5. The Morgan fingerprint density at radius 1 is 1.22 bits per heavy atom. The van der Waals surface area contributed by atoms with E-state index in [1.165, 1.54) is 31.3 Å². The van der Waals surface area contributed by atoms with Gasteiger partial charge < -0.3 is 14.6 Å². The number of aromatic nitrogens is 4. The molecule has 0 radical (unpaired) electrons. The molecule has 1 aromatic carbocycles. The molecule has 2 N–H and O–H groups in total. The smallest absolute Gasteiger partial charge is 0.203 e. The molecule has 2 aromatic heterocycles. The minimum atomic E-state index is 0.234. The first-order chi connectivity index (χ1) is 13.3. The summed E-state index contributed by atoms with van der Waals surface area (Å²) in [6.07, 6.45) is 7.12. The number of quaternary nitrogens is 1. The fourth-order valence-electron chi connectivity index (χ4n) is 4.40. The monoisotopic (exact) mass is 384 g/mol. The van der Waals surface area contributed by atoms with Gasteiger partial charge in [0.05, 0.1) is 25.7 Å². The number of benzene rings is 1. The molecule has 0 saturated carbocycles. The van der Waals surface area contributed by atoms with Crippen LogP contribution in [0.25, 0.3) is 22.3 Å². The van der Waals surface area contributed by atoms with E-state index >= 15 is 0 Å². The molecule has 2 fully saturated rings. The second-order valence-corrected chi connectivity index (χ2v) is 8.08. The van der Waals surface area contributed by atoms with Crippen molar-refractivity contribution in [2.24, 2.45) is 0 Å². The highest BCUT2D eigenvalue weighted by molar-refractivity contribution is 7.71. The number of para-hydroxylation sites is 1. The third-order valence-corrected chi connectivity index (χ3v) is 6.28. The van der Waals surface area contributed by atoms with Gasteiger partial charge in [-0.15, -0.1) is 5.10 Å². The van der Waals surface area contributed by atoms with Crippen molar-refractivity contribution in [2.45, 2.75) is 45.0 Å². The lowest BCUT2D eigenvalue weighted by Gasteiger charge is -2.12. The molecule has 0 amide bonds. The largest absolute Gasteiger partial charge is 0.376 e. The van der Waals surface area contributed by atoms with Gasteiger partial charge in [-0.25, -0.2) is 0 Å². The van der Waals surface area contributed by atoms with Crippen LogP contribution in [0, 0.1) is 4.77 Å².